The smallest absolute Gasteiger partial charge is 0.253 e. The van der Waals surface area contributed by atoms with E-state index in [0.29, 0.717) is 18.7 Å². The molecule has 0 N–H and O–H groups in total. The second-order valence-electron chi connectivity index (χ2n) is 6.48. The molecule has 1 aliphatic heterocycles. The van der Waals surface area contributed by atoms with E-state index in [1.807, 2.05) is 31.3 Å². The number of carbonyl (C=O) groups is 1. The third-order valence-corrected chi connectivity index (χ3v) is 5.23. The molecule has 1 saturated heterocycles. The van der Waals surface area contributed by atoms with Gasteiger partial charge >= 0.3 is 0 Å². The first-order valence-corrected chi connectivity index (χ1v) is 10.1. The number of benzene rings is 2. The molecule has 2 aromatic rings. The molecule has 0 aromatic heterocycles. The summed E-state index contributed by atoms with van der Waals surface area (Å²) < 4.78 is 11.3. The summed E-state index contributed by atoms with van der Waals surface area (Å²) in [6.45, 7) is 1.98. The molecule has 0 radical (unpaired) electrons. The van der Waals surface area contributed by atoms with Crippen molar-refractivity contribution < 1.29 is 14.3 Å². The largest absolute Gasteiger partial charge is 0.491 e. The van der Waals surface area contributed by atoms with Crippen LogP contribution in [0.2, 0.25) is 0 Å². The second kappa shape index (κ2) is 9.10. The van der Waals surface area contributed by atoms with Gasteiger partial charge in [0, 0.05) is 30.7 Å². The quantitative estimate of drug-likeness (QED) is 0.683. The fourth-order valence-electron chi connectivity index (χ4n) is 2.96. The molecule has 1 heterocycles. The first kappa shape index (κ1) is 18.8. The van der Waals surface area contributed by atoms with Crippen LogP contribution in [-0.4, -0.2) is 43.4 Å². The van der Waals surface area contributed by atoms with Gasteiger partial charge in [-0.05, 0) is 61.1 Å². The molecule has 0 saturated carbocycles. The average molecular weight is 372 g/mol. The lowest BCUT2D eigenvalue weighted by molar-refractivity contribution is 0.0679. The summed E-state index contributed by atoms with van der Waals surface area (Å²) in [7, 11) is 1.83. The van der Waals surface area contributed by atoms with Crippen LogP contribution < -0.4 is 4.74 Å². The van der Waals surface area contributed by atoms with Crippen LogP contribution in [0.4, 0.5) is 0 Å². The normalized spacial score (nSPS) is 16.5. The summed E-state index contributed by atoms with van der Waals surface area (Å²) in [5.41, 5.74) is 1.79. The summed E-state index contributed by atoms with van der Waals surface area (Å²) in [5, 5.41) is 0. The van der Waals surface area contributed by atoms with E-state index in [1.165, 1.54) is 4.90 Å². The van der Waals surface area contributed by atoms with Gasteiger partial charge in [0.25, 0.3) is 5.91 Å². The van der Waals surface area contributed by atoms with Crippen LogP contribution in [0.3, 0.4) is 0 Å². The highest BCUT2D eigenvalue weighted by atomic mass is 32.2. The minimum absolute atomic E-state index is 0.00428. The van der Waals surface area contributed by atoms with Crippen LogP contribution in [-0.2, 0) is 11.3 Å². The maximum absolute atomic E-state index is 12.6. The van der Waals surface area contributed by atoms with Gasteiger partial charge in [0.2, 0.25) is 0 Å². The Labute approximate surface area is 159 Å². The topological polar surface area (TPSA) is 38.8 Å². The lowest BCUT2D eigenvalue weighted by atomic mass is 10.1. The Kier molecular flexibility index (Phi) is 6.58. The fourth-order valence-corrected chi connectivity index (χ4v) is 3.36. The third kappa shape index (κ3) is 5.02. The molecule has 2 aromatic carbocycles. The van der Waals surface area contributed by atoms with E-state index in [9.17, 15) is 4.79 Å². The van der Waals surface area contributed by atoms with Crippen molar-refractivity contribution in [3.05, 3.63) is 59.7 Å². The summed E-state index contributed by atoms with van der Waals surface area (Å²) >= 11 is 1.71. The second-order valence-corrected chi connectivity index (χ2v) is 7.36. The number of thioether (sulfide) groups is 1. The Balaban J connectivity index is 1.54. The molecular formula is C21H25NO3S. The van der Waals surface area contributed by atoms with Gasteiger partial charge in [-0.1, -0.05) is 12.1 Å². The summed E-state index contributed by atoms with van der Waals surface area (Å²) in [4.78, 5) is 15.6. The van der Waals surface area contributed by atoms with Crippen LogP contribution in [0.25, 0.3) is 0 Å². The number of amides is 1. The molecule has 26 heavy (non-hydrogen) atoms. The molecule has 0 aliphatic carbocycles. The first-order valence-electron chi connectivity index (χ1n) is 8.88. The molecule has 3 rings (SSSR count). The fraction of sp³-hybridized carbons (Fsp3) is 0.381. The predicted octanol–water partition coefficient (Wildman–Crippen LogP) is 4.24. The van der Waals surface area contributed by atoms with Crippen molar-refractivity contribution in [2.45, 2.75) is 30.4 Å². The Morgan fingerprint density at radius 3 is 2.54 bits per heavy atom. The average Bonchev–Trinajstić information content (AvgIpc) is 3.20. The number of hydrogen-bond acceptors (Lipinski definition) is 4. The molecule has 138 valence electrons. The van der Waals surface area contributed by atoms with Gasteiger partial charge in [0.15, 0.2) is 0 Å². The number of hydrogen-bond donors (Lipinski definition) is 0. The molecular weight excluding hydrogens is 346 g/mol. The van der Waals surface area contributed by atoms with E-state index in [4.69, 9.17) is 9.47 Å². The molecule has 1 aliphatic rings. The molecule has 5 heteroatoms. The lowest BCUT2D eigenvalue weighted by Gasteiger charge is -2.18. The van der Waals surface area contributed by atoms with Gasteiger partial charge in [0.1, 0.15) is 12.4 Å². The number of rotatable bonds is 7. The molecule has 1 amide bonds. The minimum Gasteiger partial charge on any atom is -0.491 e. The summed E-state index contributed by atoms with van der Waals surface area (Å²) in [6, 6.07) is 15.6. The van der Waals surface area contributed by atoms with Crippen LogP contribution in [0, 0.1) is 0 Å². The van der Waals surface area contributed by atoms with Gasteiger partial charge in [-0.2, -0.15) is 0 Å². The number of ether oxygens (including phenoxy) is 2. The number of nitrogens with zero attached hydrogens (tertiary/aromatic N) is 1. The monoisotopic (exact) mass is 371 g/mol. The van der Waals surface area contributed by atoms with Crippen molar-refractivity contribution in [2.24, 2.45) is 0 Å². The van der Waals surface area contributed by atoms with Crippen LogP contribution >= 0.6 is 11.8 Å². The summed E-state index contributed by atoms with van der Waals surface area (Å²) in [5.74, 6) is 0.775. The van der Waals surface area contributed by atoms with E-state index < -0.39 is 0 Å². The zero-order chi connectivity index (χ0) is 18.4. The van der Waals surface area contributed by atoms with Crippen LogP contribution in [0.1, 0.15) is 28.8 Å². The Morgan fingerprint density at radius 2 is 1.92 bits per heavy atom. The van der Waals surface area contributed by atoms with E-state index in [-0.39, 0.29) is 12.0 Å². The Hall–Kier alpha value is -1.98. The van der Waals surface area contributed by atoms with Gasteiger partial charge in [-0.3, -0.25) is 4.79 Å². The van der Waals surface area contributed by atoms with E-state index in [0.717, 1.165) is 30.8 Å². The Bertz CT molecular complexity index is 709. The summed E-state index contributed by atoms with van der Waals surface area (Å²) in [6.07, 6.45) is 4.41. The lowest BCUT2D eigenvalue weighted by Crippen LogP contribution is -2.26. The first-order chi connectivity index (χ1) is 12.7. The maximum Gasteiger partial charge on any atom is 0.253 e. The van der Waals surface area contributed by atoms with Gasteiger partial charge < -0.3 is 14.4 Å². The van der Waals surface area contributed by atoms with Gasteiger partial charge in [0.05, 0.1) is 6.10 Å². The molecule has 4 nitrogen and oxygen atoms in total. The van der Waals surface area contributed by atoms with Crippen molar-refractivity contribution >= 4 is 17.7 Å². The molecule has 0 spiro atoms. The third-order valence-electron chi connectivity index (χ3n) is 4.49. The Morgan fingerprint density at radius 1 is 1.19 bits per heavy atom. The minimum atomic E-state index is 0.00428. The molecule has 0 bridgehead atoms. The SMILES string of the molecule is CSc1ccc(CN(C)C(=O)c2ccc(OC[C@H]3CCCO3)cc2)cc1. The highest BCUT2D eigenvalue weighted by Gasteiger charge is 2.16. The molecule has 1 atom stereocenters. The van der Waals surface area contributed by atoms with Gasteiger partial charge in [-0.25, -0.2) is 0 Å². The zero-order valence-electron chi connectivity index (χ0n) is 15.3. The van der Waals surface area contributed by atoms with Crippen molar-refractivity contribution in [2.75, 3.05) is 26.5 Å². The van der Waals surface area contributed by atoms with Crippen molar-refractivity contribution in [1.29, 1.82) is 0 Å². The van der Waals surface area contributed by atoms with Crippen LogP contribution in [0.5, 0.6) is 5.75 Å². The van der Waals surface area contributed by atoms with Crippen molar-refractivity contribution in [3.63, 3.8) is 0 Å². The zero-order valence-corrected chi connectivity index (χ0v) is 16.1. The maximum atomic E-state index is 12.6. The van der Waals surface area contributed by atoms with Crippen molar-refractivity contribution in [3.8, 4) is 5.75 Å². The highest BCUT2D eigenvalue weighted by molar-refractivity contribution is 7.98. The van der Waals surface area contributed by atoms with E-state index >= 15 is 0 Å². The van der Waals surface area contributed by atoms with Gasteiger partial charge in [-0.15, -0.1) is 11.8 Å². The van der Waals surface area contributed by atoms with Crippen molar-refractivity contribution in [1.82, 2.24) is 4.90 Å². The molecule has 0 unspecified atom stereocenters. The predicted molar refractivity (Wildman–Crippen MR) is 105 cm³/mol. The number of carbonyl (C=O) groups excluding carboxylic acids is 1. The highest BCUT2D eigenvalue weighted by Crippen LogP contribution is 2.19. The standard InChI is InChI=1S/C21H25NO3S/c1-22(14-16-5-11-20(26-2)12-6-16)21(23)17-7-9-18(10-8-17)25-15-19-4-3-13-24-19/h5-12,19H,3-4,13-15H2,1-2H3/t19-/m1/s1. The molecule has 1 fully saturated rings. The van der Waals surface area contributed by atoms with Crippen LogP contribution in [0.15, 0.2) is 53.4 Å². The van der Waals surface area contributed by atoms with E-state index in [2.05, 4.69) is 30.5 Å². The van der Waals surface area contributed by atoms with E-state index in [1.54, 1.807) is 16.7 Å².